The first-order valence-electron chi connectivity index (χ1n) is 10.3. The van der Waals surface area contributed by atoms with Crippen LogP contribution in [-0.2, 0) is 0 Å². The summed E-state index contributed by atoms with van der Waals surface area (Å²) in [5.41, 5.74) is 4.69. The number of aromatic nitrogens is 4. The van der Waals surface area contributed by atoms with E-state index in [2.05, 4.69) is 15.2 Å². The molecule has 34 heavy (non-hydrogen) atoms. The molecule has 7 nitrogen and oxygen atoms in total. The Balaban J connectivity index is 1.74. The van der Waals surface area contributed by atoms with Crippen molar-refractivity contribution in [2.24, 2.45) is 0 Å². The van der Waals surface area contributed by atoms with Crippen LogP contribution in [0.3, 0.4) is 0 Å². The summed E-state index contributed by atoms with van der Waals surface area (Å²) < 4.78 is 50.3. The van der Waals surface area contributed by atoms with Crippen LogP contribution in [-0.4, -0.2) is 45.9 Å². The average molecular weight is 470 g/mol. The number of alkyl halides is 3. The van der Waals surface area contributed by atoms with Gasteiger partial charge in [-0.25, -0.2) is 4.98 Å². The van der Waals surface area contributed by atoms with Crippen LogP contribution in [0.25, 0.3) is 27.8 Å². The molecule has 0 aliphatic carbocycles. The predicted molar refractivity (Wildman–Crippen MR) is 120 cm³/mol. The Bertz CT molecular complexity index is 1340. The number of aryl methyl sites for hydroxylation is 1. The first-order chi connectivity index (χ1) is 16.2. The monoisotopic (exact) mass is 470 g/mol. The largest absolute Gasteiger partial charge is 0.496 e. The van der Waals surface area contributed by atoms with Crippen molar-refractivity contribution in [3.8, 4) is 28.3 Å². The van der Waals surface area contributed by atoms with E-state index in [0.29, 0.717) is 5.69 Å². The van der Waals surface area contributed by atoms with E-state index in [1.54, 1.807) is 29.2 Å². The van der Waals surface area contributed by atoms with Gasteiger partial charge in [-0.3, -0.25) is 9.36 Å². The van der Waals surface area contributed by atoms with E-state index in [1.807, 2.05) is 31.2 Å². The molecule has 0 spiro atoms. The minimum Gasteiger partial charge on any atom is -0.496 e. The standard InChI is InChI=1S/C24H21F3N4O3/c1-14-8-16(12-29-30-14)15-4-5-19-18(9-15)28-13-31(19)17-10-21(33-2)23(22(11-17)34-3)20(32)6-7-24(25,26)27/h4-5,8-13H,6-7H2,1-3H3. The van der Waals surface area contributed by atoms with E-state index < -0.39 is 24.8 Å². The normalized spacial score (nSPS) is 11.6. The molecule has 0 saturated carbocycles. The highest BCUT2D eigenvalue weighted by atomic mass is 19.4. The number of nitrogens with zero attached hydrogens (tertiary/aromatic N) is 4. The van der Waals surface area contributed by atoms with Gasteiger partial charge in [-0.15, -0.1) is 0 Å². The van der Waals surface area contributed by atoms with Crippen LogP contribution in [0.2, 0.25) is 0 Å². The fourth-order valence-electron chi connectivity index (χ4n) is 3.72. The maximum absolute atomic E-state index is 12.6. The molecule has 0 aliphatic rings. The number of hydrogen-bond donors (Lipinski definition) is 0. The minimum atomic E-state index is -4.43. The number of fused-ring (bicyclic) bond motifs is 1. The number of rotatable bonds is 7. The Morgan fingerprint density at radius 1 is 1.03 bits per heavy atom. The third-order valence-electron chi connectivity index (χ3n) is 5.34. The second kappa shape index (κ2) is 9.12. The molecule has 0 unspecified atom stereocenters. The quantitative estimate of drug-likeness (QED) is 0.340. The first-order valence-corrected chi connectivity index (χ1v) is 10.3. The number of methoxy groups -OCH3 is 2. The molecular weight excluding hydrogens is 449 g/mol. The molecule has 0 aliphatic heterocycles. The molecule has 10 heteroatoms. The van der Waals surface area contributed by atoms with Crippen LogP contribution in [0.15, 0.2) is 48.9 Å². The van der Waals surface area contributed by atoms with Gasteiger partial charge < -0.3 is 9.47 Å². The summed E-state index contributed by atoms with van der Waals surface area (Å²) in [6.07, 6.45) is -3.06. The molecule has 2 aromatic carbocycles. The molecule has 4 rings (SSSR count). The minimum absolute atomic E-state index is 0.0229. The summed E-state index contributed by atoms with van der Waals surface area (Å²) >= 11 is 0. The molecule has 2 aromatic heterocycles. The fraction of sp³-hybridized carbons (Fsp3) is 0.250. The van der Waals surface area contributed by atoms with Gasteiger partial charge in [0, 0.05) is 24.1 Å². The van der Waals surface area contributed by atoms with Crippen LogP contribution in [0.1, 0.15) is 28.9 Å². The number of halogens is 3. The molecule has 0 atom stereocenters. The Morgan fingerprint density at radius 2 is 1.74 bits per heavy atom. The predicted octanol–water partition coefficient (Wildman–Crippen LogP) is 5.33. The number of hydrogen-bond acceptors (Lipinski definition) is 6. The lowest BCUT2D eigenvalue weighted by Crippen LogP contribution is -2.13. The second-order valence-corrected chi connectivity index (χ2v) is 7.67. The van der Waals surface area contributed by atoms with Gasteiger partial charge >= 0.3 is 6.18 Å². The maximum atomic E-state index is 12.6. The lowest BCUT2D eigenvalue weighted by atomic mass is 10.0. The molecular formula is C24H21F3N4O3. The molecule has 0 bridgehead atoms. The van der Waals surface area contributed by atoms with Crippen LogP contribution < -0.4 is 9.47 Å². The van der Waals surface area contributed by atoms with Gasteiger partial charge in [-0.2, -0.15) is 23.4 Å². The second-order valence-electron chi connectivity index (χ2n) is 7.67. The molecule has 0 amide bonds. The maximum Gasteiger partial charge on any atom is 0.389 e. The molecule has 0 radical (unpaired) electrons. The number of benzene rings is 2. The summed E-state index contributed by atoms with van der Waals surface area (Å²) in [7, 11) is 2.70. The average Bonchev–Trinajstić information content (AvgIpc) is 3.24. The van der Waals surface area contributed by atoms with Crippen molar-refractivity contribution in [1.29, 1.82) is 0 Å². The lowest BCUT2D eigenvalue weighted by molar-refractivity contribution is -0.133. The van der Waals surface area contributed by atoms with Gasteiger partial charge in [-0.05, 0) is 30.7 Å². The molecule has 176 valence electrons. The van der Waals surface area contributed by atoms with Crippen molar-refractivity contribution >= 4 is 16.8 Å². The van der Waals surface area contributed by atoms with Gasteiger partial charge in [-0.1, -0.05) is 6.07 Å². The third kappa shape index (κ3) is 4.70. The van der Waals surface area contributed by atoms with Gasteiger partial charge in [0.1, 0.15) is 23.4 Å². The summed E-state index contributed by atoms with van der Waals surface area (Å²) in [6, 6.07) is 10.8. The van der Waals surface area contributed by atoms with Crippen molar-refractivity contribution in [1.82, 2.24) is 19.7 Å². The number of carbonyl (C=O) groups is 1. The fourth-order valence-corrected chi connectivity index (χ4v) is 3.72. The van der Waals surface area contributed by atoms with Crippen molar-refractivity contribution < 1.29 is 27.4 Å². The summed E-state index contributed by atoms with van der Waals surface area (Å²) in [4.78, 5) is 17.1. The first kappa shape index (κ1) is 23.2. The topological polar surface area (TPSA) is 79.1 Å². The molecule has 4 aromatic rings. The summed E-state index contributed by atoms with van der Waals surface area (Å²) in [6.45, 7) is 1.86. The van der Waals surface area contributed by atoms with Crippen molar-refractivity contribution in [2.45, 2.75) is 25.9 Å². The SMILES string of the molecule is COc1cc(-n2cnc3cc(-c4cnnc(C)c4)ccc32)cc(OC)c1C(=O)CCC(F)(F)F. The summed E-state index contributed by atoms with van der Waals surface area (Å²) in [5.74, 6) is -0.462. The number of carbonyl (C=O) groups excluding carboxylic acids is 1. The van der Waals surface area contributed by atoms with Crippen LogP contribution >= 0.6 is 0 Å². The zero-order valence-electron chi connectivity index (χ0n) is 18.7. The lowest BCUT2D eigenvalue weighted by Gasteiger charge is -2.16. The zero-order valence-corrected chi connectivity index (χ0v) is 18.7. The van der Waals surface area contributed by atoms with E-state index in [1.165, 1.54) is 14.2 Å². The van der Waals surface area contributed by atoms with Crippen LogP contribution in [0, 0.1) is 6.92 Å². The number of Topliss-reactive ketones (excluding diaryl/α,β-unsaturated/α-hetero) is 1. The molecule has 0 N–H and O–H groups in total. The number of imidazole rings is 1. The zero-order chi connectivity index (χ0) is 24.5. The number of ether oxygens (including phenoxy) is 2. The van der Waals surface area contributed by atoms with Gasteiger partial charge in [0.2, 0.25) is 0 Å². The Kier molecular flexibility index (Phi) is 6.23. The van der Waals surface area contributed by atoms with E-state index >= 15 is 0 Å². The molecule has 2 heterocycles. The molecule has 0 fully saturated rings. The van der Waals surface area contributed by atoms with Crippen molar-refractivity contribution in [3.63, 3.8) is 0 Å². The van der Waals surface area contributed by atoms with E-state index in [-0.39, 0.29) is 17.1 Å². The van der Waals surface area contributed by atoms with Gasteiger partial charge in [0.05, 0.1) is 49.3 Å². The smallest absolute Gasteiger partial charge is 0.389 e. The Hall–Kier alpha value is -3.95. The Labute approximate surface area is 193 Å². The molecule has 0 saturated heterocycles. The van der Waals surface area contributed by atoms with Crippen molar-refractivity contribution in [2.75, 3.05) is 14.2 Å². The van der Waals surface area contributed by atoms with Gasteiger partial charge in [0.15, 0.2) is 5.78 Å². The third-order valence-corrected chi connectivity index (χ3v) is 5.34. The van der Waals surface area contributed by atoms with E-state index in [4.69, 9.17) is 9.47 Å². The highest BCUT2D eigenvalue weighted by molar-refractivity contribution is 6.02. The number of ketones is 1. The van der Waals surface area contributed by atoms with Gasteiger partial charge in [0.25, 0.3) is 0 Å². The summed E-state index contributed by atoms with van der Waals surface area (Å²) in [5, 5.41) is 7.96. The van der Waals surface area contributed by atoms with Crippen LogP contribution in [0.4, 0.5) is 13.2 Å². The highest BCUT2D eigenvalue weighted by Crippen LogP contribution is 2.36. The van der Waals surface area contributed by atoms with E-state index in [0.717, 1.165) is 27.9 Å². The Morgan fingerprint density at radius 3 is 2.35 bits per heavy atom. The van der Waals surface area contributed by atoms with Crippen LogP contribution in [0.5, 0.6) is 11.5 Å². The van der Waals surface area contributed by atoms with Crippen molar-refractivity contribution in [3.05, 3.63) is 60.2 Å². The highest BCUT2D eigenvalue weighted by Gasteiger charge is 2.30. The van der Waals surface area contributed by atoms with E-state index in [9.17, 15) is 18.0 Å².